The molecule has 2 bridgehead atoms. The van der Waals surface area contributed by atoms with E-state index in [1.807, 2.05) is 17.9 Å². The van der Waals surface area contributed by atoms with Gasteiger partial charge in [-0.05, 0) is 62.4 Å². The van der Waals surface area contributed by atoms with E-state index in [2.05, 4.69) is 15.1 Å². The lowest BCUT2D eigenvalue weighted by molar-refractivity contribution is 0.0553. The fourth-order valence-corrected chi connectivity index (χ4v) is 5.09. The second kappa shape index (κ2) is 7.27. The van der Waals surface area contributed by atoms with E-state index in [0.717, 1.165) is 31.2 Å². The molecule has 1 aromatic carbocycles. The molecule has 156 valence electrons. The predicted octanol–water partition coefficient (Wildman–Crippen LogP) is 4.57. The number of fused-ring (bicyclic) bond motifs is 3. The number of alkyl halides is 2. The van der Waals surface area contributed by atoms with Crippen molar-refractivity contribution in [1.29, 1.82) is 0 Å². The second-order valence-corrected chi connectivity index (χ2v) is 8.44. The van der Waals surface area contributed by atoms with Crippen LogP contribution in [-0.2, 0) is 0 Å². The minimum Gasteiger partial charge on any atom is -0.332 e. The Kier molecular flexibility index (Phi) is 4.69. The smallest absolute Gasteiger partial charge is 0.280 e. The van der Waals surface area contributed by atoms with Gasteiger partial charge in [-0.15, -0.1) is 0 Å². The zero-order chi connectivity index (χ0) is 21.0. The van der Waals surface area contributed by atoms with E-state index in [4.69, 9.17) is 11.6 Å². The van der Waals surface area contributed by atoms with Crippen molar-refractivity contribution in [3.05, 3.63) is 58.1 Å². The standard InChI is InChI=1S/C21H20ClF2N5O/c1-11-8-12(2-6-15(11)22)20(30)28-13-3-5-14(17(28)7-4-13)18-9-16(19(23)24)27-21-25-10-26-29(18)21/h2,6,8-10,13-14,17,19H,3-5,7H2,1H3/t13-,14-,17-/m0/s1. The maximum absolute atomic E-state index is 13.4. The van der Waals surface area contributed by atoms with Crippen molar-refractivity contribution in [2.24, 2.45) is 0 Å². The largest absolute Gasteiger partial charge is 0.332 e. The van der Waals surface area contributed by atoms with E-state index in [0.29, 0.717) is 16.3 Å². The van der Waals surface area contributed by atoms with Crippen molar-refractivity contribution < 1.29 is 13.6 Å². The monoisotopic (exact) mass is 431 g/mol. The molecule has 2 aliphatic heterocycles. The topological polar surface area (TPSA) is 63.4 Å². The van der Waals surface area contributed by atoms with Gasteiger partial charge in [-0.1, -0.05) is 11.6 Å². The molecule has 0 saturated carbocycles. The summed E-state index contributed by atoms with van der Waals surface area (Å²) in [7, 11) is 0. The first-order chi connectivity index (χ1) is 14.4. The maximum atomic E-state index is 13.4. The maximum Gasteiger partial charge on any atom is 0.280 e. The normalized spacial score (nSPS) is 23.5. The number of carbonyl (C=O) groups excluding carboxylic acids is 1. The molecule has 2 saturated heterocycles. The van der Waals surface area contributed by atoms with Crippen molar-refractivity contribution in [3.8, 4) is 0 Å². The number of aromatic nitrogens is 4. The molecule has 9 heteroatoms. The van der Waals surface area contributed by atoms with Crippen molar-refractivity contribution in [1.82, 2.24) is 24.5 Å². The molecule has 0 radical (unpaired) electrons. The van der Waals surface area contributed by atoms with Crippen molar-refractivity contribution in [2.45, 2.75) is 57.0 Å². The third-order valence-electron chi connectivity index (χ3n) is 6.36. The van der Waals surface area contributed by atoms with Crippen LogP contribution in [0.4, 0.5) is 8.78 Å². The van der Waals surface area contributed by atoms with Gasteiger partial charge < -0.3 is 4.90 Å². The van der Waals surface area contributed by atoms with Gasteiger partial charge in [0.1, 0.15) is 12.0 Å². The summed E-state index contributed by atoms with van der Waals surface area (Å²) >= 11 is 6.12. The number of rotatable bonds is 3. The zero-order valence-electron chi connectivity index (χ0n) is 16.3. The first-order valence-electron chi connectivity index (χ1n) is 10.0. The molecule has 30 heavy (non-hydrogen) atoms. The van der Waals surface area contributed by atoms with Crippen molar-refractivity contribution in [3.63, 3.8) is 0 Å². The van der Waals surface area contributed by atoms with Gasteiger partial charge in [-0.25, -0.2) is 18.3 Å². The van der Waals surface area contributed by atoms with Gasteiger partial charge in [0, 0.05) is 28.6 Å². The average molecular weight is 432 g/mol. The zero-order valence-corrected chi connectivity index (χ0v) is 17.1. The van der Waals surface area contributed by atoms with E-state index >= 15 is 0 Å². The first kappa shape index (κ1) is 19.4. The van der Waals surface area contributed by atoms with Crippen LogP contribution >= 0.6 is 11.6 Å². The SMILES string of the molecule is Cc1cc(C(=O)N2[C@H]3CC[C@H](c4cc(C(F)F)nc5ncnn45)[C@@H]2CC3)ccc1Cl. The number of hydrogen-bond donors (Lipinski definition) is 0. The van der Waals surface area contributed by atoms with E-state index in [9.17, 15) is 13.6 Å². The molecule has 3 aromatic rings. The van der Waals surface area contributed by atoms with Crippen LogP contribution in [0.15, 0.2) is 30.6 Å². The first-order valence-corrected chi connectivity index (χ1v) is 10.4. The number of amides is 1. The molecule has 0 N–H and O–H groups in total. The number of nitrogens with zero attached hydrogens (tertiary/aromatic N) is 5. The summed E-state index contributed by atoms with van der Waals surface area (Å²) in [4.78, 5) is 23.3. The lowest BCUT2D eigenvalue weighted by atomic mass is 9.86. The van der Waals surface area contributed by atoms with E-state index < -0.39 is 6.43 Å². The number of piperidine rings is 1. The number of hydrogen-bond acceptors (Lipinski definition) is 4. The summed E-state index contributed by atoms with van der Waals surface area (Å²) < 4.78 is 28.4. The highest BCUT2D eigenvalue weighted by atomic mass is 35.5. The lowest BCUT2D eigenvalue weighted by Crippen LogP contribution is -2.47. The Morgan fingerprint density at radius 1 is 1.20 bits per heavy atom. The van der Waals surface area contributed by atoms with Crippen LogP contribution in [0.1, 0.15) is 65.3 Å². The van der Waals surface area contributed by atoms with E-state index in [1.165, 1.54) is 16.9 Å². The van der Waals surface area contributed by atoms with Crippen LogP contribution in [0.3, 0.4) is 0 Å². The van der Waals surface area contributed by atoms with Crippen LogP contribution in [-0.4, -0.2) is 42.5 Å². The molecule has 5 rings (SSSR count). The Labute approximate surface area is 176 Å². The molecule has 2 fully saturated rings. The van der Waals surface area contributed by atoms with Gasteiger partial charge in [-0.3, -0.25) is 4.79 Å². The molecule has 0 spiro atoms. The molecule has 1 amide bonds. The van der Waals surface area contributed by atoms with Gasteiger partial charge in [-0.2, -0.15) is 10.1 Å². The summed E-state index contributed by atoms with van der Waals surface area (Å²) in [5, 5.41) is 4.83. The van der Waals surface area contributed by atoms with Crippen molar-refractivity contribution >= 4 is 23.3 Å². The fourth-order valence-electron chi connectivity index (χ4n) is 4.97. The van der Waals surface area contributed by atoms with Gasteiger partial charge >= 0.3 is 0 Å². The molecule has 4 heterocycles. The Morgan fingerprint density at radius 3 is 2.77 bits per heavy atom. The Hall–Kier alpha value is -2.61. The number of aryl methyl sites for hydroxylation is 1. The van der Waals surface area contributed by atoms with Crippen LogP contribution < -0.4 is 0 Å². The van der Waals surface area contributed by atoms with Crippen LogP contribution in [0.25, 0.3) is 5.78 Å². The average Bonchev–Trinajstić information content (AvgIpc) is 3.32. The quantitative estimate of drug-likeness (QED) is 0.609. The van der Waals surface area contributed by atoms with Crippen LogP contribution in [0.2, 0.25) is 5.02 Å². The van der Waals surface area contributed by atoms with Gasteiger partial charge in [0.2, 0.25) is 0 Å². The molecule has 2 aliphatic rings. The number of benzene rings is 1. The molecular weight excluding hydrogens is 412 g/mol. The molecule has 6 nitrogen and oxygen atoms in total. The van der Waals surface area contributed by atoms with E-state index in [-0.39, 0.29) is 35.4 Å². The third-order valence-corrected chi connectivity index (χ3v) is 6.79. The van der Waals surface area contributed by atoms with Crippen LogP contribution in [0, 0.1) is 6.92 Å². The minimum atomic E-state index is -2.69. The van der Waals surface area contributed by atoms with E-state index in [1.54, 1.807) is 12.1 Å². The predicted molar refractivity (Wildman–Crippen MR) is 107 cm³/mol. The second-order valence-electron chi connectivity index (χ2n) is 8.04. The third kappa shape index (κ3) is 3.05. The van der Waals surface area contributed by atoms with Gasteiger partial charge in [0.15, 0.2) is 0 Å². The van der Waals surface area contributed by atoms with Crippen molar-refractivity contribution in [2.75, 3.05) is 0 Å². The highest BCUT2D eigenvalue weighted by Crippen LogP contribution is 2.45. The summed E-state index contributed by atoms with van der Waals surface area (Å²) in [6.45, 7) is 1.87. The van der Waals surface area contributed by atoms with Gasteiger partial charge in [0.25, 0.3) is 18.1 Å². The summed E-state index contributed by atoms with van der Waals surface area (Å²) in [5.74, 6) is 0.0184. The van der Waals surface area contributed by atoms with Gasteiger partial charge in [0.05, 0.1) is 5.69 Å². The number of halogens is 3. The molecule has 2 aromatic heterocycles. The molecular formula is C21H20ClF2N5O. The Bertz CT molecular complexity index is 1130. The molecule has 0 unspecified atom stereocenters. The molecule has 0 aliphatic carbocycles. The lowest BCUT2D eigenvalue weighted by Gasteiger charge is -2.40. The highest BCUT2D eigenvalue weighted by Gasteiger charge is 2.46. The Balaban J connectivity index is 1.54. The fraction of sp³-hybridized carbons (Fsp3) is 0.429. The minimum absolute atomic E-state index is 0.0371. The summed E-state index contributed by atoms with van der Waals surface area (Å²) in [6, 6.07) is 6.81. The summed E-state index contributed by atoms with van der Waals surface area (Å²) in [6.07, 6.45) is 1.99. The van der Waals surface area contributed by atoms with Crippen LogP contribution in [0.5, 0.6) is 0 Å². The number of carbonyl (C=O) groups is 1. The highest BCUT2D eigenvalue weighted by molar-refractivity contribution is 6.31. The Morgan fingerprint density at radius 2 is 2.00 bits per heavy atom. The molecule has 3 atom stereocenters. The summed E-state index contributed by atoms with van der Waals surface area (Å²) in [5.41, 5.74) is 1.78.